The molecule has 2 aromatic rings. The fourth-order valence-electron chi connectivity index (χ4n) is 3.39. The summed E-state index contributed by atoms with van der Waals surface area (Å²) in [7, 11) is 0. The molecule has 1 amide bonds. The van der Waals surface area contributed by atoms with E-state index in [1.54, 1.807) is 17.9 Å². The maximum atomic E-state index is 13.1. The lowest BCUT2D eigenvalue weighted by Gasteiger charge is -2.22. The molecule has 0 saturated carbocycles. The van der Waals surface area contributed by atoms with Crippen LogP contribution in [-0.4, -0.2) is 46.8 Å². The second-order valence-corrected chi connectivity index (χ2v) is 6.75. The second kappa shape index (κ2) is 8.26. The van der Waals surface area contributed by atoms with Gasteiger partial charge in [0.15, 0.2) is 0 Å². The number of nitro benzene ring substituents is 1. The van der Waals surface area contributed by atoms with Crippen molar-refractivity contribution in [3.8, 4) is 0 Å². The highest BCUT2D eigenvalue weighted by molar-refractivity contribution is 5.94. The van der Waals surface area contributed by atoms with Gasteiger partial charge in [0, 0.05) is 49.9 Å². The third-order valence-electron chi connectivity index (χ3n) is 4.97. The third kappa shape index (κ3) is 4.49. The van der Waals surface area contributed by atoms with Crippen LogP contribution in [0, 0.1) is 22.9 Å². The zero-order chi connectivity index (χ0) is 19.4. The van der Waals surface area contributed by atoms with Crippen molar-refractivity contribution in [2.24, 2.45) is 0 Å². The van der Waals surface area contributed by atoms with Crippen molar-refractivity contribution in [3.63, 3.8) is 0 Å². The molecule has 0 radical (unpaired) electrons. The van der Waals surface area contributed by atoms with E-state index in [1.807, 2.05) is 6.07 Å². The van der Waals surface area contributed by atoms with E-state index in [2.05, 4.69) is 4.90 Å². The minimum Gasteiger partial charge on any atom is -0.337 e. The molecule has 1 fully saturated rings. The van der Waals surface area contributed by atoms with Gasteiger partial charge in [0.2, 0.25) is 0 Å². The van der Waals surface area contributed by atoms with Gasteiger partial charge in [-0.1, -0.05) is 12.1 Å². The molecule has 1 aliphatic heterocycles. The topological polar surface area (TPSA) is 66.7 Å². The number of halogens is 1. The SMILES string of the molecule is Cc1c(CN2CCCN(C(=O)c3ccc(F)cc3)CC2)cccc1[N+](=O)[O-]. The molecule has 0 bridgehead atoms. The number of nitro groups is 1. The summed E-state index contributed by atoms with van der Waals surface area (Å²) in [6.45, 7) is 5.11. The molecule has 142 valence electrons. The Hall–Kier alpha value is -2.80. The Labute approximate surface area is 157 Å². The van der Waals surface area contributed by atoms with Crippen LogP contribution in [-0.2, 0) is 6.54 Å². The lowest BCUT2D eigenvalue weighted by molar-refractivity contribution is -0.385. The minimum atomic E-state index is -0.360. The first-order valence-corrected chi connectivity index (χ1v) is 8.96. The van der Waals surface area contributed by atoms with Crippen LogP contribution in [0.1, 0.15) is 27.9 Å². The average Bonchev–Trinajstić information content (AvgIpc) is 2.89. The summed E-state index contributed by atoms with van der Waals surface area (Å²) in [4.78, 5) is 27.4. The van der Waals surface area contributed by atoms with Crippen LogP contribution in [0.4, 0.5) is 10.1 Å². The summed E-state index contributed by atoms with van der Waals surface area (Å²) in [5.41, 5.74) is 2.24. The van der Waals surface area contributed by atoms with Crippen molar-refractivity contribution >= 4 is 11.6 Å². The molecule has 2 aromatic carbocycles. The Balaban J connectivity index is 1.65. The van der Waals surface area contributed by atoms with E-state index >= 15 is 0 Å². The number of nitrogens with zero attached hydrogens (tertiary/aromatic N) is 3. The summed E-state index contributed by atoms with van der Waals surface area (Å²) in [6.07, 6.45) is 0.820. The number of rotatable bonds is 4. The molecule has 0 atom stereocenters. The molecule has 0 aromatic heterocycles. The maximum absolute atomic E-state index is 13.1. The predicted octanol–water partition coefficient (Wildman–Crippen LogP) is 3.39. The summed E-state index contributed by atoms with van der Waals surface area (Å²) >= 11 is 0. The summed E-state index contributed by atoms with van der Waals surface area (Å²) in [5, 5.41) is 11.1. The number of carbonyl (C=O) groups excluding carboxylic acids is 1. The van der Waals surface area contributed by atoms with E-state index in [1.165, 1.54) is 30.3 Å². The van der Waals surface area contributed by atoms with Gasteiger partial charge in [-0.25, -0.2) is 4.39 Å². The second-order valence-electron chi connectivity index (χ2n) is 6.75. The largest absolute Gasteiger partial charge is 0.337 e. The van der Waals surface area contributed by atoms with Gasteiger partial charge in [-0.05, 0) is 43.2 Å². The van der Waals surface area contributed by atoms with E-state index in [9.17, 15) is 19.3 Å². The molecule has 0 spiro atoms. The zero-order valence-corrected chi connectivity index (χ0v) is 15.2. The molecule has 7 heteroatoms. The minimum absolute atomic E-state index is 0.0941. The van der Waals surface area contributed by atoms with Crippen LogP contribution in [0.5, 0.6) is 0 Å². The van der Waals surface area contributed by atoms with Gasteiger partial charge in [0.25, 0.3) is 11.6 Å². The molecule has 27 heavy (non-hydrogen) atoms. The highest BCUT2D eigenvalue weighted by Gasteiger charge is 2.21. The number of hydrogen-bond acceptors (Lipinski definition) is 4. The van der Waals surface area contributed by atoms with Crippen molar-refractivity contribution < 1.29 is 14.1 Å². The molecule has 1 aliphatic rings. The van der Waals surface area contributed by atoms with Gasteiger partial charge in [-0.3, -0.25) is 19.8 Å². The Morgan fingerprint density at radius 1 is 1.11 bits per heavy atom. The van der Waals surface area contributed by atoms with Crippen molar-refractivity contribution in [3.05, 3.63) is 75.1 Å². The standard InChI is InChI=1S/C20H22FN3O3/c1-15-17(4-2-5-19(15)24(26)27)14-22-10-3-11-23(13-12-22)20(25)16-6-8-18(21)9-7-16/h2,4-9H,3,10-14H2,1H3. The Kier molecular flexibility index (Phi) is 5.81. The molecule has 0 unspecified atom stereocenters. The molecule has 3 rings (SSSR count). The molecule has 0 aliphatic carbocycles. The van der Waals surface area contributed by atoms with Crippen molar-refractivity contribution in [1.82, 2.24) is 9.80 Å². The van der Waals surface area contributed by atoms with Crippen LogP contribution in [0.2, 0.25) is 0 Å². The Bertz CT molecular complexity index is 839. The first-order valence-electron chi connectivity index (χ1n) is 8.96. The molecule has 1 saturated heterocycles. The van der Waals surface area contributed by atoms with Gasteiger partial charge in [0.05, 0.1) is 4.92 Å². The molecular formula is C20H22FN3O3. The highest BCUT2D eigenvalue weighted by atomic mass is 19.1. The number of amides is 1. The van der Waals surface area contributed by atoms with Crippen molar-refractivity contribution in [2.45, 2.75) is 19.9 Å². The zero-order valence-electron chi connectivity index (χ0n) is 15.2. The number of hydrogen-bond donors (Lipinski definition) is 0. The molecule has 0 N–H and O–H groups in total. The van der Waals surface area contributed by atoms with Gasteiger partial charge in [-0.15, -0.1) is 0 Å². The van der Waals surface area contributed by atoms with Gasteiger partial charge < -0.3 is 4.90 Å². The van der Waals surface area contributed by atoms with Crippen LogP contribution in [0.15, 0.2) is 42.5 Å². The van der Waals surface area contributed by atoms with Gasteiger partial charge >= 0.3 is 0 Å². The molecule has 1 heterocycles. The van der Waals surface area contributed by atoms with E-state index < -0.39 is 0 Å². The Morgan fingerprint density at radius 3 is 2.56 bits per heavy atom. The summed E-state index contributed by atoms with van der Waals surface area (Å²) < 4.78 is 13.1. The fourth-order valence-corrected chi connectivity index (χ4v) is 3.39. The lowest BCUT2D eigenvalue weighted by atomic mass is 10.1. The lowest BCUT2D eigenvalue weighted by Crippen LogP contribution is -2.35. The van der Waals surface area contributed by atoms with Crippen LogP contribution in [0.3, 0.4) is 0 Å². The number of carbonyl (C=O) groups is 1. The molecular weight excluding hydrogens is 349 g/mol. The first kappa shape index (κ1) is 19.0. The maximum Gasteiger partial charge on any atom is 0.272 e. The first-order chi connectivity index (χ1) is 13.0. The highest BCUT2D eigenvalue weighted by Crippen LogP contribution is 2.23. The van der Waals surface area contributed by atoms with Gasteiger partial charge in [0.1, 0.15) is 5.82 Å². The summed E-state index contributed by atoms with van der Waals surface area (Å²) in [5.74, 6) is -0.454. The van der Waals surface area contributed by atoms with E-state index in [4.69, 9.17) is 0 Å². The van der Waals surface area contributed by atoms with Crippen molar-refractivity contribution in [2.75, 3.05) is 26.2 Å². The smallest absolute Gasteiger partial charge is 0.272 e. The third-order valence-corrected chi connectivity index (χ3v) is 4.97. The summed E-state index contributed by atoms with van der Waals surface area (Å²) in [6, 6.07) is 10.7. The normalized spacial score (nSPS) is 15.4. The van der Waals surface area contributed by atoms with Crippen LogP contribution < -0.4 is 0 Å². The van der Waals surface area contributed by atoms with Crippen LogP contribution in [0.25, 0.3) is 0 Å². The predicted molar refractivity (Wildman–Crippen MR) is 100 cm³/mol. The van der Waals surface area contributed by atoms with Crippen LogP contribution >= 0.6 is 0 Å². The van der Waals surface area contributed by atoms with Gasteiger partial charge in [-0.2, -0.15) is 0 Å². The quantitative estimate of drug-likeness (QED) is 0.610. The Morgan fingerprint density at radius 2 is 1.85 bits per heavy atom. The van der Waals surface area contributed by atoms with Crippen molar-refractivity contribution in [1.29, 1.82) is 0 Å². The van der Waals surface area contributed by atoms with E-state index in [-0.39, 0.29) is 22.3 Å². The average molecular weight is 371 g/mol. The van der Waals surface area contributed by atoms with E-state index in [0.29, 0.717) is 37.3 Å². The van der Waals surface area contributed by atoms with E-state index in [0.717, 1.165) is 18.5 Å². The monoisotopic (exact) mass is 371 g/mol. The fraction of sp³-hybridized carbons (Fsp3) is 0.350. The number of benzene rings is 2. The molecule has 6 nitrogen and oxygen atoms in total.